The molecule has 0 spiro atoms. The van der Waals surface area contributed by atoms with Crippen molar-refractivity contribution in [1.29, 1.82) is 0 Å². The second-order valence-electron chi connectivity index (χ2n) is 17.7. The van der Waals surface area contributed by atoms with E-state index in [9.17, 15) is 14.4 Å². The highest BCUT2D eigenvalue weighted by Gasteiger charge is 2.19. The molecule has 0 aliphatic heterocycles. The van der Waals surface area contributed by atoms with Gasteiger partial charge >= 0.3 is 17.9 Å². The molecule has 0 aromatic carbocycles. The molecule has 6 nitrogen and oxygen atoms in total. The van der Waals surface area contributed by atoms with Crippen LogP contribution in [-0.2, 0) is 28.6 Å². The summed E-state index contributed by atoms with van der Waals surface area (Å²) < 4.78 is 16.8. The number of hydrogen-bond donors (Lipinski definition) is 0. The van der Waals surface area contributed by atoms with E-state index in [0.717, 1.165) is 77.0 Å². The highest BCUT2D eigenvalue weighted by molar-refractivity contribution is 5.71. The molecule has 0 amide bonds. The van der Waals surface area contributed by atoms with E-state index in [-0.39, 0.29) is 37.5 Å². The lowest BCUT2D eigenvalue weighted by Gasteiger charge is -2.18. The van der Waals surface area contributed by atoms with E-state index in [4.69, 9.17) is 14.2 Å². The Hall–Kier alpha value is -3.41. The zero-order chi connectivity index (χ0) is 47.2. The van der Waals surface area contributed by atoms with Crippen molar-refractivity contribution in [3.05, 3.63) is 85.1 Å². The van der Waals surface area contributed by atoms with Crippen molar-refractivity contribution >= 4 is 17.9 Å². The fourth-order valence-electron chi connectivity index (χ4n) is 7.29. The van der Waals surface area contributed by atoms with Crippen molar-refractivity contribution in [3.63, 3.8) is 0 Å². The highest BCUT2D eigenvalue weighted by atomic mass is 16.6. The van der Waals surface area contributed by atoms with Gasteiger partial charge in [-0.25, -0.2) is 0 Å². The van der Waals surface area contributed by atoms with Crippen LogP contribution in [0.1, 0.15) is 252 Å². The summed E-state index contributed by atoms with van der Waals surface area (Å²) >= 11 is 0. The molecule has 0 saturated heterocycles. The SMILES string of the molecule is CC/C=C\C/C=C\C/C=C\C/C=C\C/C=C\CCCC(=O)OC[C@H](COC(=O)CCCCCCCCC/C=C\CCCCCC)OC(=O)CCCCCCCCC/C=C\CCCCCC. The van der Waals surface area contributed by atoms with Crippen LogP contribution in [0.4, 0.5) is 0 Å². The maximum Gasteiger partial charge on any atom is 0.306 e. The van der Waals surface area contributed by atoms with E-state index in [1.807, 2.05) is 0 Å². The fraction of sp³-hybridized carbons (Fsp3) is 0.712. The molecule has 0 rings (SSSR count). The molecule has 372 valence electrons. The molecule has 0 aromatic rings. The summed E-state index contributed by atoms with van der Waals surface area (Å²) in [6.07, 6.45) is 68.5. The fourth-order valence-corrected chi connectivity index (χ4v) is 7.29. The molecule has 1 atom stereocenters. The van der Waals surface area contributed by atoms with E-state index in [2.05, 4.69) is 106 Å². The van der Waals surface area contributed by atoms with Gasteiger partial charge in [0, 0.05) is 19.3 Å². The first-order chi connectivity index (χ1) is 32.0. The van der Waals surface area contributed by atoms with Crippen LogP contribution in [0.3, 0.4) is 0 Å². The third kappa shape index (κ3) is 51.4. The van der Waals surface area contributed by atoms with Gasteiger partial charge in [0.25, 0.3) is 0 Å². The molecule has 0 aliphatic carbocycles. The van der Waals surface area contributed by atoms with Gasteiger partial charge in [0.15, 0.2) is 6.10 Å². The Morgan fingerprint density at radius 3 is 1.02 bits per heavy atom. The van der Waals surface area contributed by atoms with Gasteiger partial charge < -0.3 is 14.2 Å². The van der Waals surface area contributed by atoms with Gasteiger partial charge in [0.1, 0.15) is 13.2 Å². The normalized spacial score (nSPS) is 12.7. The van der Waals surface area contributed by atoms with Crippen molar-refractivity contribution in [2.24, 2.45) is 0 Å². The van der Waals surface area contributed by atoms with Crippen LogP contribution in [0.5, 0.6) is 0 Å². The van der Waals surface area contributed by atoms with E-state index >= 15 is 0 Å². The number of carbonyl (C=O) groups is 3. The zero-order valence-corrected chi connectivity index (χ0v) is 42.5. The smallest absolute Gasteiger partial charge is 0.306 e. The summed E-state index contributed by atoms with van der Waals surface area (Å²) in [6, 6.07) is 0. The van der Waals surface area contributed by atoms with Crippen LogP contribution in [0.2, 0.25) is 0 Å². The van der Waals surface area contributed by atoms with Crippen molar-refractivity contribution < 1.29 is 28.6 Å². The molecular weight excluding hydrogens is 805 g/mol. The Morgan fingerprint density at radius 2 is 0.615 bits per heavy atom. The molecule has 6 heteroatoms. The average molecular weight is 905 g/mol. The van der Waals surface area contributed by atoms with E-state index in [1.54, 1.807) is 0 Å². The molecule has 0 aromatic heterocycles. The standard InChI is InChI=1S/C59H100O6/c1-4-7-10-13-16-19-22-25-28-29-32-34-37-40-43-46-49-52-58(61)64-55-56(65-59(62)53-50-47-44-41-38-35-31-27-24-21-18-15-12-9-6-3)54-63-57(60)51-48-45-42-39-36-33-30-26-23-20-17-14-11-8-5-2/h7,10,16,19-21,23-25,28,32,34,40,43,56H,4-6,8-9,11-15,17-18,22,26-27,29-31,33,35-39,41-42,44-55H2,1-3H3/b10-7-,19-16-,23-20-,24-21-,28-25-,34-32-,43-40-/t56-/m0/s1. The molecule has 0 bridgehead atoms. The molecule has 0 heterocycles. The molecule has 0 radical (unpaired) electrons. The summed E-state index contributed by atoms with van der Waals surface area (Å²) in [7, 11) is 0. The number of ether oxygens (including phenoxy) is 3. The van der Waals surface area contributed by atoms with E-state index in [1.165, 1.54) is 128 Å². The monoisotopic (exact) mass is 905 g/mol. The predicted octanol–water partition coefficient (Wildman–Crippen LogP) is 18.0. The maximum atomic E-state index is 12.8. The van der Waals surface area contributed by atoms with Crippen LogP contribution < -0.4 is 0 Å². The van der Waals surface area contributed by atoms with Gasteiger partial charge in [-0.2, -0.15) is 0 Å². The third-order valence-electron chi connectivity index (χ3n) is 11.4. The zero-order valence-electron chi connectivity index (χ0n) is 42.5. The summed E-state index contributed by atoms with van der Waals surface area (Å²) in [5.74, 6) is -0.966. The molecule has 0 saturated carbocycles. The largest absolute Gasteiger partial charge is 0.462 e. The Kier molecular flexibility index (Phi) is 50.4. The molecule has 0 N–H and O–H groups in total. The first-order valence-corrected chi connectivity index (χ1v) is 27.1. The van der Waals surface area contributed by atoms with Crippen molar-refractivity contribution in [1.82, 2.24) is 0 Å². The molecule has 0 unspecified atom stereocenters. The number of unbranched alkanes of at least 4 members (excludes halogenated alkanes) is 23. The molecule has 0 aliphatic rings. The lowest BCUT2D eigenvalue weighted by atomic mass is 10.1. The Bertz CT molecular complexity index is 1270. The van der Waals surface area contributed by atoms with Gasteiger partial charge in [0.2, 0.25) is 0 Å². The van der Waals surface area contributed by atoms with Gasteiger partial charge in [-0.05, 0) is 109 Å². The summed E-state index contributed by atoms with van der Waals surface area (Å²) in [4.78, 5) is 38.0. The molecule has 0 fully saturated rings. The Balaban J connectivity index is 4.48. The van der Waals surface area contributed by atoms with Gasteiger partial charge in [0.05, 0.1) is 0 Å². The first-order valence-electron chi connectivity index (χ1n) is 27.1. The van der Waals surface area contributed by atoms with Crippen molar-refractivity contribution in [3.8, 4) is 0 Å². The minimum absolute atomic E-state index is 0.0981. The molecule has 65 heavy (non-hydrogen) atoms. The second kappa shape index (κ2) is 53.2. The van der Waals surface area contributed by atoms with Crippen LogP contribution in [0.15, 0.2) is 85.1 Å². The minimum Gasteiger partial charge on any atom is -0.462 e. The van der Waals surface area contributed by atoms with Gasteiger partial charge in [-0.15, -0.1) is 0 Å². The van der Waals surface area contributed by atoms with E-state index in [0.29, 0.717) is 19.3 Å². The maximum absolute atomic E-state index is 12.8. The van der Waals surface area contributed by atoms with Gasteiger partial charge in [-0.3, -0.25) is 14.4 Å². The van der Waals surface area contributed by atoms with Crippen molar-refractivity contribution in [2.75, 3.05) is 13.2 Å². The number of rotatable bonds is 48. The molecular formula is C59H100O6. The van der Waals surface area contributed by atoms with Crippen molar-refractivity contribution in [2.45, 2.75) is 258 Å². The second-order valence-corrected chi connectivity index (χ2v) is 17.7. The average Bonchev–Trinajstić information content (AvgIpc) is 3.30. The van der Waals surface area contributed by atoms with Crippen LogP contribution in [-0.4, -0.2) is 37.2 Å². The quantitative estimate of drug-likeness (QED) is 0.0262. The summed E-state index contributed by atoms with van der Waals surface area (Å²) in [5, 5.41) is 0. The number of allylic oxidation sites excluding steroid dienone is 14. The Morgan fingerprint density at radius 1 is 0.323 bits per heavy atom. The predicted molar refractivity (Wildman–Crippen MR) is 279 cm³/mol. The minimum atomic E-state index is -0.803. The number of esters is 3. The lowest BCUT2D eigenvalue weighted by molar-refractivity contribution is -0.167. The number of hydrogen-bond acceptors (Lipinski definition) is 6. The Labute approximate surface area is 401 Å². The highest BCUT2D eigenvalue weighted by Crippen LogP contribution is 2.14. The van der Waals surface area contributed by atoms with E-state index < -0.39 is 6.10 Å². The topological polar surface area (TPSA) is 78.9 Å². The lowest BCUT2D eigenvalue weighted by Crippen LogP contribution is -2.30. The first kappa shape index (κ1) is 61.6. The van der Waals surface area contributed by atoms with Crippen LogP contribution in [0, 0.1) is 0 Å². The van der Waals surface area contributed by atoms with Crippen LogP contribution in [0.25, 0.3) is 0 Å². The van der Waals surface area contributed by atoms with Gasteiger partial charge in [-0.1, -0.05) is 209 Å². The summed E-state index contributed by atoms with van der Waals surface area (Å²) in [6.45, 7) is 6.45. The van der Waals surface area contributed by atoms with Crippen LogP contribution >= 0.6 is 0 Å². The summed E-state index contributed by atoms with van der Waals surface area (Å²) in [5.41, 5.74) is 0. The third-order valence-corrected chi connectivity index (χ3v) is 11.4. The number of carbonyl (C=O) groups excluding carboxylic acids is 3.